The first kappa shape index (κ1) is 11.9. The summed E-state index contributed by atoms with van der Waals surface area (Å²) in [5.74, 6) is 0.684. The van der Waals surface area contributed by atoms with E-state index in [1.807, 2.05) is 6.92 Å². The number of nitrogens with zero attached hydrogens (tertiary/aromatic N) is 2. The van der Waals surface area contributed by atoms with E-state index in [9.17, 15) is 0 Å². The zero-order chi connectivity index (χ0) is 11.7. The predicted molar refractivity (Wildman–Crippen MR) is 69.9 cm³/mol. The van der Waals surface area contributed by atoms with E-state index in [0.717, 1.165) is 23.4 Å². The van der Waals surface area contributed by atoms with Crippen molar-refractivity contribution in [1.29, 1.82) is 0 Å². The molecule has 16 heavy (non-hydrogen) atoms. The van der Waals surface area contributed by atoms with Gasteiger partial charge in [-0.2, -0.15) is 0 Å². The van der Waals surface area contributed by atoms with E-state index in [0.29, 0.717) is 5.92 Å². The highest BCUT2D eigenvalue weighted by Gasteiger charge is 2.31. The lowest BCUT2D eigenvalue weighted by Crippen LogP contribution is -2.29. The van der Waals surface area contributed by atoms with Crippen molar-refractivity contribution in [3.63, 3.8) is 0 Å². The van der Waals surface area contributed by atoms with Gasteiger partial charge in [0.05, 0.1) is 5.69 Å². The van der Waals surface area contributed by atoms with Gasteiger partial charge in [0.25, 0.3) is 0 Å². The van der Waals surface area contributed by atoms with Crippen molar-refractivity contribution in [3.8, 4) is 0 Å². The van der Waals surface area contributed by atoms with Gasteiger partial charge in [-0.3, -0.25) is 0 Å². The topological polar surface area (TPSA) is 42.2 Å². The van der Waals surface area contributed by atoms with Gasteiger partial charge in [-0.1, -0.05) is 13.8 Å². The molecule has 1 unspecified atom stereocenters. The van der Waals surface area contributed by atoms with Crippen molar-refractivity contribution in [1.82, 2.24) is 4.98 Å². The predicted octanol–water partition coefficient (Wildman–Crippen LogP) is 2.79. The smallest absolute Gasteiger partial charge is 0.185 e. The largest absolute Gasteiger partial charge is 0.345 e. The van der Waals surface area contributed by atoms with Crippen molar-refractivity contribution in [2.24, 2.45) is 11.7 Å². The van der Waals surface area contributed by atoms with E-state index in [-0.39, 0.29) is 6.04 Å². The Morgan fingerprint density at radius 1 is 1.50 bits per heavy atom. The van der Waals surface area contributed by atoms with Gasteiger partial charge in [-0.15, -0.1) is 11.3 Å². The van der Waals surface area contributed by atoms with Crippen molar-refractivity contribution in [2.75, 3.05) is 11.4 Å². The molecular weight excluding hydrogens is 218 g/mol. The number of rotatable bonds is 5. The second kappa shape index (κ2) is 4.72. The van der Waals surface area contributed by atoms with Crippen molar-refractivity contribution >= 4 is 16.5 Å². The number of anilines is 1. The van der Waals surface area contributed by atoms with Crippen LogP contribution in [0.3, 0.4) is 0 Å². The van der Waals surface area contributed by atoms with Crippen LogP contribution >= 0.6 is 11.3 Å². The van der Waals surface area contributed by atoms with Crippen LogP contribution in [0.5, 0.6) is 0 Å². The summed E-state index contributed by atoms with van der Waals surface area (Å²) in [4.78, 5) is 7.10. The molecule has 0 aliphatic heterocycles. The zero-order valence-electron chi connectivity index (χ0n) is 10.3. The van der Waals surface area contributed by atoms with Crippen LogP contribution in [0.2, 0.25) is 0 Å². The van der Waals surface area contributed by atoms with Crippen LogP contribution in [-0.2, 0) is 0 Å². The molecule has 2 rings (SSSR count). The maximum Gasteiger partial charge on any atom is 0.185 e. The molecule has 1 aliphatic carbocycles. The second-order valence-electron chi connectivity index (χ2n) is 5.12. The Balaban J connectivity index is 2.11. The molecule has 2 N–H and O–H groups in total. The maximum atomic E-state index is 5.85. The van der Waals surface area contributed by atoms with Gasteiger partial charge in [0, 0.05) is 24.0 Å². The van der Waals surface area contributed by atoms with Gasteiger partial charge in [0.2, 0.25) is 0 Å². The van der Waals surface area contributed by atoms with Crippen LogP contribution in [0.1, 0.15) is 45.3 Å². The Labute approximate surface area is 102 Å². The van der Waals surface area contributed by atoms with E-state index >= 15 is 0 Å². The third-order valence-electron chi connectivity index (χ3n) is 2.77. The summed E-state index contributed by atoms with van der Waals surface area (Å²) in [6.07, 6.45) is 2.64. The van der Waals surface area contributed by atoms with Crippen LogP contribution in [0.4, 0.5) is 5.13 Å². The van der Waals surface area contributed by atoms with Gasteiger partial charge in [-0.05, 0) is 25.7 Å². The summed E-state index contributed by atoms with van der Waals surface area (Å²) in [6.45, 7) is 7.62. The molecular formula is C12H21N3S. The second-order valence-corrected chi connectivity index (χ2v) is 5.96. The van der Waals surface area contributed by atoms with Crippen LogP contribution in [0.15, 0.2) is 5.38 Å². The summed E-state index contributed by atoms with van der Waals surface area (Å²) >= 11 is 1.73. The highest BCUT2D eigenvalue weighted by Crippen LogP contribution is 2.34. The first-order valence-electron chi connectivity index (χ1n) is 6.05. The average molecular weight is 239 g/mol. The number of hydrogen-bond donors (Lipinski definition) is 1. The van der Waals surface area contributed by atoms with Gasteiger partial charge in [0.15, 0.2) is 5.13 Å². The van der Waals surface area contributed by atoms with E-state index in [2.05, 4.69) is 29.1 Å². The lowest BCUT2D eigenvalue weighted by Gasteiger charge is -2.23. The van der Waals surface area contributed by atoms with E-state index < -0.39 is 0 Å². The lowest BCUT2D eigenvalue weighted by atomic mass is 10.2. The fourth-order valence-corrected chi connectivity index (χ4v) is 2.79. The molecule has 1 aliphatic rings. The van der Waals surface area contributed by atoms with Gasteiger partial charge < -0.3 is 10.6 Å². The molecule has 0 amide bonds. The molecule has 0 saturated heterocycles. The number of nitrogens with two attached hydrogens (primary N) is 1. The van der Waals surface area contributed by atoms with Crippen LogP contribution in [0, 0.1) is 5.92 Å². The van der Waals surface area contributed by atoms with E-state index in [4.69, 9.17) is 5.73 Å². The average Bonchev–Trinajstić information content (AvgIpc) is 2.91. The molecule has 1 atom stereocenters. The quantitative estimate of drug-likeness (QED) is 0.859. The van der Waals surface area contributed by atoms with E-state index in [1.165, 1.54) is 12.8 Å². The summed E-state index contributed by atoms with van der Waals surface area (Å²) in [5.41, 5.74) is 6.87. The third kappa shape index (κ3) is 2.74. The molecule has 1 aromatic heterocycles. The Bertz CT molecular complexity index is 342. The minimum Gasteiger partial charge on any atom is -0.345 e. The van der Waals surface area contributed by atoms with Crippen LogP contribution in [0.25, 0.3) is 0 Å². The molecule has 1 aromatic rings. The lowest BCUT2D eigenvalue weighted by molar-refractivity contribution is 0.605. The molecule has 0 aromatic carbocycles. The maximum absolute atomic E-state index is 5.85. The summed E-state index contributed by atoms with van der Waals surface area (Å²) < 4.78 is 0. The monoisotopic (exact) mass is 239 g/mol. The molecule has 1 heterocycles. The summed E-state index contributed by atoms with van der Waals surface area (Å²) in [6, 6.07) is 0.777. The van der Waals surface area contributed by atoms with Crippen molar-refractivity contribution in [2.45, 2.75) is 45.7 Å². The minimum absolute atomic E-state index is 0.0464. The Hall–Kier alpha value is -0.610. The SMILES string of the molecule is CC(C)CN(c1nc(C(C)N)cs1)C1CC1. The van der Waals surface area contributed by atoms with Crippen LogP contribution < -0.4 is 10.6 Å². The number of aromatic nitrogens is 1. The number of hydrogen-bond acceptors (Lipinski definition) is 4. The molecule has 3 nitrogen and oxygen atoms in total. The number of thiazole rings is 1. The third-order valence-corrected chi connectivity index (χ3v) is 3.67. The first-order valence-corrected chi connectivity index (χ1v) is 6.93. The summed E-state index contributed by atoms with van der Waals surface area (Å²) in [7, 11) is 0. The van der Waals surface area contributed by atoms with E-state index in [1.54, 1.807) is 11.3 Å². The highest BCUT2D eigenvalue weighted by atomic mass is 32.1. The van der Waals surface area contributed by atoms with Crippen LogP contribution in [-0.4, -0.2) is 17.6 Å². The molecule has 1 saturated carbocycles. The molecule has 1 fully saturated rings. The fraction of sp³-hybridized carbons (Fsp3) is 0.750. The standard InChI is InChI=1S/C12H21N3S/c1-8(2)6-15(10-4-5-10)12-14-11(7-16-12)9(3)13/h7-10H,4-6,13H2,1-3H3. The van der Waals surface area contributed by atoms with Gasteiger partial charge in [0.1, 0.15) is 0 Å². The normalized spacial score (nSPS) is 17.8. The Morgan fingerprint density at radius 3 is 2.62 bits per heavy atom. The van der Waals surface area contributed by atoms with Crippen molar-refractivity contribution < 1.29 is 0 Å². The first-order chi connectivity index (χ1) is 7.58. The Kier molecular flexibility index (Phi) is 3.50. The molecule has 0 radical (unpaired) electrons. The zero-order valence-corrected chi connectivity index (χ0v) is 11.1. The minimum atomic E-state index is 0.0464. The molecule has 0 bridgehead atoms. The molecule has 0 spiro atoms. The fourth-order valence-electron chi connectivity index (χ4n) is 1.78. The van der Waals surface area contributed by atoms with Gasteiger partial charge >= 0.3 is 0 Å². The molecule has 4 heteroatoms. The Morgan fingerprint density at radius 2 is 2.19 bits per heavy atom. The molecule has 90 valence electrons. The highest BCUT2D eigenvalue weighted by molar-refractivity contribution is 7.13. The summed E-state index contributed by atoms with van der Waals surface area (Å²) in [5, 5.41) is 3.25. The van der Waals surface area contributed by atoms with Gasteiger partial charge in [-0.25, -0.2) is 4.98 Å². The van der Waals surface area contributed by atoms with Crippen molar-refractivity contribution in [3.05, 3.63) is 11.1 Å².